The maximum atomic E-state index is 10.5. The third kappa shape index (κ3) is 31.7. The zero-order valence-electron chi connectivity index (χ0n) is 39.4. The highest BCUT2D eigenvalue weighted by Crippen LogP contribution is 2.13. The minimum Gasteiger partial charge on any atom is -0.545 e. The summed E-state index contributed by atoms with van der Waals surface area (Å²) >= 11 is 0. The summed E-state index contributed by atoms with van der Waals surface area (Å²) in [5.41, 5.74) is -1.84. The van der Waals surface area contributed by atoms with E-state index < -0.39 is 34.6 Å². The van der Waals surface area contributed by atoms with Gasteiger partial charge in [-0.3, -0.25) is 15.0 Å². The van der Waals surface area contributed by atoms with Gasteiger partial charge in [-0.25, -0.2) is 13.7 Å². The van der Waals surface area contributed by atoms with Gasteiger partial charge in [0.15, 0.2) is 0 Å². The molecule has 0 unspecified atom stereocenters. The molecule has 0 aliphatic rings. The Kier molecular flexibility index (Phi) is 35.8. The standard InChI is InChI=1S/3C14H26N2.C9H6O6/c3*1-2-3-4-5-6-7-8-9-10-12-16-13-11-15-14-16;10-7(11)4-1-2-5(8(12)13)6(3-4)9(14)15/h3*11,13-14H,2-10,12H2,1H3;1-3H,(H,10,11)(H,12,13)(H,14,15). The van der Waals surface area contributed by atoms with Crippen LogP contribution in [-0.2, 0) is 19.6 Å². The summed E-state index contributed by atoms with van der Waals surface area (Å²) in [7, 11) is 0. The van der Waals surface area contributed by atoms with E-state index in [1.807, 2.05) is 37.6 Å². The van der Waals surface area contributed by atoms with Crippen molar-refractivity contribution in [3.8, 4) is 0 Å². The fourth-order valence-electron chi connectivity index (χ4n) is 7.21. The number of carboxylic acids is 3. The molecule has 0 atom stereocenters. The zero-order chi connectivity index (χ0) is 46.0. The van der Waals surface area contributed by atoms with Crippen LogP contribution in [0, 0.1) is 0 Å². The van der Waals surface area contributed by atoms with Gasteiger partial charge in [0.25, 0.3) is 0 Å². The minimum absolute atomic E-state index is 0.445. The smallest absolute Gasteiger partial charge is 0.241 e. The largest absolute Gasteiger partial charge is 0.545 e. The highest BCUT2D eigenvalue weighted by Gasteiger charge is 2.06. The van der Waals surface area contributed by atoms with Crippen molar-refractivity contribution in [2.24, 2.45) is 0 Å². The summed E-state index contributed by atoms with van der Waals surface area (Å²) in [6.07, 6.45) is 56.3. The lowest BCUT2D eigenvalue weighted by Gasteiger charge is -2.13. The van der Waals surface area contributed by atoms with E-state index in [2.05, 4.69) is 68.0 Å². The molecule has 0 aliphatic carbocycles. The van der Waals surface area contributed by atoms with Crippen LogP contribution < -0.4 is 29.0 Å². The van der Waals surface area contributed by atoms with E-state index in [-0.39, 0.29) is 0 Å². The zero-order valence-corrected chi connectivity index (χ0v) is 39.4. The molecule has 12 nitrogen and oxygen atoms in total. The molecule has 0 saturated heterocycles. The number of aromatic carboxylic acids is 3. The Morgan fingerprint density at radius 1 is 0.397 bits per heavy atom. The van der Waals surface area contributed by atoms with E-state index in [9.17, 15) is 29.7 Å². The number of imidazole rings is 3. The van der Waals surface area contributed by atoms with Crippen LogP contribution in [0.1, 0.15) is 225 Å². The Hall–Kier alpha value is -4.74. The first-order valence-corrected chi connectivity index (χ1v) is 24.6. The normalized spacial score (nSPS) is 10.5. The van der Waals surface area contributed by atoms with Crippen molar-refractivity contribution in [1.82, 2.24) is 15.0 Å². The lowest BCUT2D eigenvalue weighted by molar-refractivity contribution is -0.696. The highest BCUT2D eigenvalue weighted by atomic mass is 16.4. The second-order valence-electron chi connectivity index (χ2n) is 16.7. The number of benzene rings is 1. The molecule has 4 aromatic rings. The molecule has 0 radical (unpaired) electrons. The van der Waals surface area contributed by atoms with Crippen molar-refractivity contribution < 1.29 is 43.4 Å². The molecule has 1 aromatic carbocycles. The van der Waals surface area contributed by atoms with Crippen LogP contribution >= 0.6 is 0 Å². The molecule has 354 valence electrons. The molecule has 4 rings (SSSR count). The molecular weight excluding hydrogens is 793 g/mol. The first-order valence-electron chi connectivity index (χ1n) is 24.6. The van der Waals surface area contributed by atoms with Gasteiger partial charge < -0.3 is 29.7 Å². The third-order valence-electron chi connectivity index (χ3n) is 11.1. The number of hydrogen-bond donors (Lipinski definition) is 3. The fraction of sp³-hybridized carbons (Fsp3) is 0.647. The van der Waals surface area contributed by atoms with Crippen molar-refractivity contribution in [3.05, 3.63) is 91.1 Å². The number of aryl methyl sites for hydroxylation is 3. The fourth-order valence-corrected chi connectivity index (χ4v) is 7.21. The lowest BCUT2D eigenvalue weighted by Crippen LogP contribution is -2.31. The van der Waals surface area contributed by atoms with Gasteiger partial charge in [0.2, 0.25) is 19.0 Å². The molecule has 12 heteroatoms. The van der Waals surface area contributed by atoms with E-state index in [1.165, 1.54) is 193 Å². The SMILES string of the molecule is CCCCCCCCCCC[n+]1cc[nH]c1.CCCCCCCCCCC[n+]1cc[nH]c1.CCCCCCCCCCC[n+]1cc[nH]c1.O=C([O-])c1ccc(C(=O)[O-])c(C(=O)[O-])c1. The van der Waals surface area contributed by atoms with Crippen LogP contribution in [0.3, 0.4) is 0 Å². The number of unbranched alkanes of at least 4 members (excludes halogenated alkanes) is 24. The van der Waals surface area contributed by atoms with E-state index in [0.29, 0.717) is 6.07 Å². The van der Waals surface area contributed by atoms with Crippen LogP contribution in [0.2, 0.25) is 0 Å². The van der Waals surface area contributed by atoms with Crippen LogP contribution in [-0.4, -0.2) is 32.9 Å². The van der Waals surface area contributed by atoms with Gasteiger partial charge in [0.1, 0.15) is 37.2 Å². The monoisotopic (exact) mass is 877 g/mol. The Bertz CT molecular complexity index is 1500. The van der Waals surface area contributed by atoms with Crippen molar-refractivity contribution in [3.63, 3.8) is 0 Å². The van der Waals surface area contributed by atoms with Gasteiger partial charge in [-0.15, -0.1) is 0 Å². The topological polar surface area (TPSA) is 179 Å². The number of carbonyl (C=O) groups is 3. The van der Waals surface area contributed by atoms with Crippen molar-refractivity contribution >= 4 is 17.9 Å². The molecule has 63 heavy (non-hydrogen) atoms. The van der Waals surface area contributed by atoms with Crippen LogP contribution in [0.4, 0.5) is 0 Å². The van der Waals surface area contributed by atoms with Gasteiger partial charge >= 0.3 is 0 Å². The number of aromatic nitrogens is 6. The van der Waals surface area contributed by atoms with E-state index in [1.54, 1.807) is 0 Å². The quantitative estimate of drug-likeness (QED) is 0.0320. The van der Waals surface area contributed by atoms with Crippen LogP contribution in [0.5, 0.6) is 0 Å². The van der Waals surface area contributed by atoms with Crippen LogP contribution in [0.15, 0.2) is 74.4 Å². The summed E-state index contributed by atoms with van der Waals surface area (Å²) in [4.78, 5) is 40.5. The molecule has 3 N–H and O–H groups in total. The average molecular weight is 877 g/mol. The Morgan fingerprint density at radius 2 is 0.683 bits per heavy atom. The molecule has 0 bridgehead atoms. The second-order valence-corrected chi connectivity index (χ2v) is 16.7. The van der Waals surface area contributed by atoms with Gasteiger partial charge in [0, 0.05) is 11.1 Å². The lowest BCUT2D eigenvalue weighted by atomic mass is 10.0. The van der Waals surface area contributed by atoms with Gasteiger partial charge in [-0.1, -0.05) is 168 Å². The van der Waals surface area contributed by atoms with Crippen molar-refractivity contribution in [2.45, 2.75) is 214 Å². The summed E-state index contributed by atoms with van der Waals surface area (Å²) in [6, 6.07) is 2.37. The predicted octanol–water partition coefficient (Wildman–Crippen LogP) is 8.28. The highest BCUT2D eigenvalue weighted by molar-refractivity contribution is 6.02. The molecule has 0 saturated carbocycles. The van der Waals surface area contributed by atoms with Crippen molar-refractivity contribution in [2.75, 3.05) is 0 Å². The maximum Gasteiger partial charge on any atom is 0.241 e. The van der Waals surface area contributed by atoms with Gasteiger partial charge in [-0.2, -0.15) is 0 Å². The van der Waals surface area contributed by atoms with Gasteiger partial charge in [-0.05, 0) is 50.2 Å². The molecule has 3 heterocycles. The summed E-state index contributed by atoms with van der Waals surface area (Å²) < 4.78 is 6.67. The third-order valence-corrected chi connectivity index (χ3v) is 11.1. The number of H-pyrrole nitrogens is 3. The number of carboxylic acid groups (broad SMARTS) is 3. The first-order chi connectivity index (χ1) is 30.7. The molecule has 0 fully saturated rings. The number of nitrogens with one attached hydrogen (secondary N) is 3. The number of carbonyl (C=O) groups excluding carboxylic acids is 3. The molecular formula is C51H84N6O6. The second kappa shape index (κ2) is 40.1. The maximum absolute atomic E-state index is 10.5. The van der Waals surface area contributed by atoms with E-state index in [4.69, 9.17) is 0 Å². The number of aromatic amines is 3. The Balaban J connectivity index is 0.000000420. The first kappa shape index (κ1) is 56.3. The Labute approximate surface area is 380 Å². The average Bonchev–Trinajstić information content (AvgIpc) is 4.11. The molecule has 0 spiro atoms. The summed E-state index contributed by atoms with van der Waals surface area (Å²) in [5, 5.41) is 31.3. The van der Waals surface area contributed by atoms with Crippen molar-refractivity contribution in [1.29, 1.82) is 0 Å². The summed E-state index contributed by atoms with van der Waals surface area (Å²) in [5.74, 6) is -5.13. The van der Waals surface area contributed by atoms with E-state index in [0.717, 1.165) is 12.1 Å². The molecule has 3 aromatic heterocycles. The number of nitrogens with zero attached hydrogens (tertiary/aromatic N) is 3. The minimum atomic E-state index is -1.79. The number of hydrogen-bond acceptors (Lipinski definition) is 6. The van der Waals surface area contributed by atoms with Crippen LogP contribution in [0.25, 0.3) is 0 Å². The number of rotatable bonds is 33. The Morgan fingerprint density at radius 3 is 0.921 bits per heavy atom. The molecule has 0 aliphatic heterocycles. The molecule has 0 amide bonds. The van der Waals surface area contributed by atoms with E-state index >= 15 is 0 Å². The summed E-state index contributed by atoms with van der Waals surface area (Å²) in [6.45, 7) is 10.3. The van der Waals surface area contributed by atoms with Gasteiger partial charge in [0.05, 0.1) is 37.5 Å². The predicted molar refractivity (Wildman–Crippen MR) is 244 cm³/mol.